The summed E-state index contributed by atoms with van der Waals surface area (Å²) in [5.74, 6) is -0.880. The van der Waals surface area contributed by atoms with Crippen molar-refractivity contribution in [2.75, 3.05) is 16.3 Å². The molecular formula is C23H23N3O3. The third kappa shape index (κ3) is 2.58. The second-order valence-electron chi connectivity index (χ2n) is 8.07. The highest BCUT2D eigenvalue weighted by atomic mass is 16.2. The Morgan fingerprint density at radius 3 is 2.48 bits per heavy atom. The fourth-order valence-corrected chi connectivity index (χ4v) is 5.18. The van der Waals surface area contributed by atoms with Crippen LogP contribution < -0.4 is 15.1 Å². The van der Waals surface area contributed by atoms with E-state index >= 15 is 0 Å². The van der Waals surface area contributed by atoms with Crippen molar-refractivity contribution in [1.29, 1.82) is 0 Å². The smallest absolute Gasteiger partial charge is 0.335 e. The molecule has 0 aromatic heterocycles. The Hall–Kier alpha value is -3.15. The van der Waals surface area contributed by atoms with Crippen LogP contribution in [0.2, 0.25) is 0 Å². The van der Waals surface area contributed by atoms with E-state index in [9.17, 15) is 14.4 Å². The molecular weight excluding hydrogens is 366 g/mol. The van der Waals surface area contributed by atoms with Crippen molar-refractivity contribution < 1.29 is 14.4 Å². The Balaban J connectivity index is 1.68. The third-order valence-electron chi connectivity index (χ3n) is 6.52. The molecule has 2 fully saturated rings. The molecule has 6 heteroatoms. The highest BCUT2D eigenvalue weighted by Crippen LogP contribution is 2.47. The summed E-state index contributed by atoms with van der Waals surface area (Å²) < 4.78 is 0. The van der Waals surface area contributed by atoms with Crippen molar-refractivity contribution in [2.24, 2.45) is 5.41 Å². The largest absolute Gasteiger partial charge is 0.367 e. The lowest BCUT2D eigenvalue weighted by Crippen LogP contribution is -2.72. The van der Waals surface area contributed by atoms with Crippen molar-refractivity contribution in [3.8, 4) is 0 Å². The lowest BCUT2D eigenvalue weighted by atomic mass is 9.67. The van der Waals surface area contributed by atoms with E-state index in [0.717, 1.165) is 48.4 Å². The number of carbonyl (C=O) groups is 3. The summed E-state index contributed by atoms with van der Waals surface area (Å²) in [6.07, 6.45) is 4.13. The number of para-hydroxylation sites is 2. The number of fused-ring (bicyclic) bond motifs is 4. The molecule has 3 heterocycles. The van der Waals surface area contributed by atoms with E-state index in [4.69, 9.17) is 0 Å². The van der Waals surface area contributed by atoms with Crippen LogP contribution in [0.1, 0.15) is 31.2 Å². The molecule has 0 radical (unpaired) electrons. The van der Waals surface area contributed by atoms with Gasteiger partial charge < -0.3 is 4.90 Å². The Morgan fingerprint density at radius 2 is 1.66 bits per heavy atom. The van der Waals surface area contributed by atoms with E-state index in [1.165, 1.54) is 0 Å². The van der Waals surface area contributed by atoms with Gasteiger partial charge in [-0.2, -0.15) is 0 Å². The number of amides is 4. The van der Waals surface area contributed by atoms with Gasteiger partial charge in [-0.25, -0.2) is 9.69 Å². The molecule has 0 aliphatic carbocycles. The normalized spacial score (nSPS) is 26.6. The van der Waals surface area contributed by atoms with Crippen LogP contribution >= 0.6 is 0 Å². The topological polar surface area (TPSA) is 69.7 Å². The lowest BCUT2D eigenvalue weighted by Gasteiger charge is -2.51. The number of urea groups is 1. The van der Waals surface area contributed by atoms with Gasteiger partial charge in [-0.1, -0.05) is 49.2 Å². The summed E-state index contributed by atoms with van der Waals surface area (Å²) in [5.41, 5.74) is 1.27. The van der Waals surface area contributed by atoms with Crippen LogP contribution in [0.25, 0.3) is 0 Å². The first-order chi connectivity index (χ1) is 14.1. The van der Waals surface area contributed by atoms with Gasteiger partial charge >= 0.3 is 6.03 Å². The molecule has 1 spiro atoms. The average Bonchev–Trinajstić information content (AvgIpc) is 2.99. The molecule has 1 N–H and O–H groups in total. The SMILES string of the molecule is O=C1NC(=O)[C@@]2(Cc3ccccc3N3CCCCC[C@H]32)C(=O)N1c1ccccc1. The molecule has 0 bridgehead atoms. The zero-order valence-corrected chi connectivity index (χ0v) is 16.1. The maximum Gasteiger partial charge on any atom is 0.335 e. The number of nitrogens with zero attached hydrogens (tertiary/aromatic N) is 2. The van der Waals surface area contributed by atoms with Gasteiger partial charge in [0.25, 0.3) is 5.91 Å². The number of anilines is 2. The fraction of sp³-hybridized carbons (Fsp3) is 0.348. The van der Waals surface area contributed by atoms with Gasteiger partial charge in [-0.3, -0.25) is 14.9 Å². The molecule has 3 aliphatic heterocycles. The lowest BCUT2D eigenvalue weighted by molar-refractivity contribution is -0.144. The number of imide groups is 2. The minimum atomic E-state index is -1.30. The Labute approximate surface area is 169 Å². The van der Waals surface area contributed by atoms with Crippen LogP contribution in [0, 0.1) is 5.41 Å². The van der Waals surface area contributed by atoms with Crippen LogP contribution in [0.15, 0.2) is 54.6 Å². The third-order valence-corrected chi connectivity index (χ3v) is 6.52. The fourth-order valence-electron chi connectivity index (χ4n) is 5.18. The van der Waals surface area contributed by atoms with Crippen LogP contribution in [-0.4, -0.2) is 30.4 Å². The molecule has 5 rings (SSSR count). The van der Waals surface area contributed by atoms with Gasteiger partial charge in [-0.15, -0.1) is 0 Å². The summed E-state index contributed by atoms with van der Waals surface area (Å²) in [5, 5.41) is 2.50. The maximum atomic E-state index is 13.9. The van der Waals surface area contributed by atoms with Gasteiger partial charge in [0.05, 0.1) is 11.7 Å². The van der Waals surface area contributed by atoms with E-state index in [2.05, 4.69) is 16.3 Å². The minimum absolute atomic E-state index is 0.258. The first kappa shape index (κ1) is 17.9. The summed E-state index contributed by atoms with van der Waals surface area (Å²) in [6, 6.07) is 15.9. The van der Waals surface area contributed by atoms with Gasteiger partial charge in [-0.05, 0) is 43.0 Å². The monoisotopic (exact) mass is 389 g/mol. The first-order valence-electron chi connectivity index (χ1n) is 10.2. The van der Waals surface area contributed by atoms with Crippen molar-refractivity contribution in [3.05, 3.63) is 60.2 Å². The number of hydrogen-bond acceptors (Lipinski definition) is 4. The van der Waals surface area contributed by atoms with Gasteiger partial charge in [0, 0.05) is 12.2 Å². The van der Waals surface area contributed by atoms with Crippen LogP contribution in [0.3, 0.4) is 0 Å². The zero-order valence-electron chi connectivity index (χ0n) is 16.1. The predicted octanol–water partition coefficient (Wildman–Crippen LogP) is 3.26. The number of barbiturate groups is 1. The van der Waals surface area contributed by atoms with Gasteiger partial charge in [0.15, 0.2) is 5.41 Å². The van der Waals surface area contributed by atoms with Crippen molar-refractivity contribution in [1.82, 2.24) is 5.32 Å². The van der Waals surface area contributed by atoms with E-state index in [1.54, 1.807) is 24.3 Å². The predicted molar refractivity (Wildman–Crippen MR) is 110 cm³/mol. The standard InChI is InChI=1S/C23H23N3O3/c27-20-23(21(28)26(22(29)24-20)17-10-3-1-4-11-17)15-16-9-6-7-12-18(16)25-14-8-2-5-13-19(23)25/h1,3-4,6-7,9-12,19H,2,5,8,13-15H2,(H,24,27,29)/t19-,23-/m0/s1. The summed E-state index contributed by atoms with van der Waals surface area (Å²) in [6.45, 7) is 0.809. The van der Waals surface area contributed by atoms with E-state index in [0.29, 0.717) is 12.1 Å². The molecule has 2 atom stereocenters. The summed E-state index contributed by atoms with van der Waals surface area (Å²) in [7, 11) is 0. The highest BCUT2D eigenvalue weighted by Gasteiger charge is 2.62. The van der Waals surface area contributed by atoms with Crippen LogP contribution in [0.4, 0.5) is 16.2 Å². The number of nitrogens with one attached hydrogen (secondary N) is 1. The van der Waals surface area contributed by atoms with E-state index < -0.39 is 23.3 Å². The number of carbonyl (C=O) groups excluding carboxylic acids is 3. The number of benzene rings is 2. The Bertz CT molecular complexity index is 990. The first-order valence-corrected chi connectivity index (χ1v) is 10.2. The molecule has 0 saturated carbocycles. The zero-order chi connectivity index (χ0) is 20.0. The molecule has 2 aromatic rings. The van der Waals surface area contributed by atoms with Gasteiger partial charge in [0.2, 0.25) is 5.91 Å². The second kappa shape index (κ2) is 6.72. The molecule has 2 aromatic carbocycles. The van der Waals surface area contributed by atoms with E-state index in [-0.39, 0.29) is 6.04 Å². The Kier molecular flexibility index (Phi) is 4.15. The quantitative estimate of drug-likeness (QED) is 0.760. The molecule has 3 aliphatic rings. The second-order valence-corrected chi connectivity index (χ2v) is 8.07. The minimum Gasteiger partial charge on any atom is -0.367 e. The van der Waals surface area contributed by atoms with Crippen molar-refractivity contribution in [3.63, 3.8) is 0 Å². The Morgan fingerprint density at radius 1 is 0.897 bits per heavy atom. The molecule has 2 saturated heterocycles. The number of rotatable bonds is 1. The molecule has 4 amide bonds. The molecule has 29 heavy (non-hydrogen) atoms. The maximum absolute atomic E-state index is 13.9. The van der Waals surface area contributed by atoms with Crippen LogP contribution in [-0.2, 0) is 16.0 Å². The summed E-state index contributed by atoms with van der Waals surface area (Å²) >= 11 is 0. The molecule has 148 valence electrons. The average molecular weight is 389 g/mol. The van der Waals surface area contributed by atoms with Gasteiger partial charge in [0.1, 0.15) is 0 Å². The van der Waals surface area contributed by atoms with Crippen molar-refractivity contribution in [2.45, 2.75) is 38.1 Å². The van der Waals surface area contributed by atoms with Crippen molar-refractivity contribution >= 4 is 29.2 Å². The van der Waals surface area contributed by atoms with E-state index in [1.807, 2.05) is 24.3 Å². The van der Waals surface area contributed by atoms with Crippen LogP contribution in [0.5, 0.6) is 0 Å². The molecule has 6 nitrogen and oxygen atoms in total. The highest BCUT2D eigenvalue weighted by molar-refractivity contribution is 6.30. The molecule has 0 unspecified atom stereocenters. The number of hydrogen-bond donors (Lipinski definition) is 1. The summed E-state index contributed by atoms with van der Waals surface area (Å²) in [4.78, 5) is 43.3.